The molecule has 0 saturated carbocycles. The molecule has 0 saturated heterocycles. The number of hydrogen-bond acceptors (Lipinski definition) is 5. The Kier molecular flexibility index (Phi) is 4.37. The fraction of sp³-hybridized carbons (Fsp3) is 0.143. The Balaban J connectivity index is 2.20. The van der Waals surface area contributed by atoms with Crippen molar-refractivity contribution in [2.24, 2.45) is 0 Å². The monoisotopic (exact) mass is 291 g/mol. The molecule has 1 N–H and O–H groups in total. The van der Waals surface area contributed by atoms with Crippen molar-refractivity contribution in [3.63, 3.8) is 0 Å². The van der Waals surface area contributed by atoms with Gasteiger partial charge in [0.05, 0.1) is 20.4 Å². The zero-order chi connectivity index (χ0) is 14.5. The third-order valence-corrected chi connectivity index (χ3v) is 3.51. The summed E-state index contributed by atoms with van der Waals surface area (Å²) in [6, 6.07) is 5.52. The number of methoxy groups -OCH3 is 2. The van der Waals surface area contributed by atoms with Crippen LogP contribution in [0.15, 0.2) is 24.4 Å². The van der Waals surface area contributed by atoms with Crippen molar-refractivity contribution in [3.05, 3.63) is 39.8 Å². The van der Waals surface area contributed by atoms with Gasteiger partial charge in [-0.05, 0) is 23.8 Å². The number of hydrogen-bond donors (Lipinski definition) is 1. The lowest BCUT2D eigenvalue weighted by atomic mass is 10.2. The molecule has 0 aliphatic carbocycles. The molecule has 1 aromatic carbocycles. The van der Waals surface area contributed by atoms with Crippen LogP contribution in [0.4, 0.5) is 0 Å². The minimum Gasteiger partial charge on any atom is -0.493 e. The first-order valence-corrected chi connectivity index (χ1v) is 6.55. The normalized spacial score (nSPS) is 10.7. The van der Waals surface area contributed by atoms with Gasteiger partial charge in [-0.3, -0.25) is 0 Å². The minimum absolute atomic E-state index is 0.219. The average Bonchev–Trinajstić information content (AvgIpc) is 2.94. The molecule has 0 atom stereocenters. The Morgan fingerprint density at radius 1 is 1.25 bits per heavy atom. The van der Waals surface area contributed by atoms with Gasteiger partial charge in [0.15, 0.2) is 11.5 Å². The van der Waals surface area contributed by atoms with Gasteiger partial charge in [0.25, 0.3) is 0 Å². The van der Waals surface area contributed by atoms with E-state index in [1.165, 1.54) is 6.20 Å². The quantitative estimate of drug-likeness (QED) is 0.917. The number of aromatic nitrogens is 1. The number of carboxylic acid groups (broad SMARTS) is 1. The molecule has 104 valence electrons. The molecule has 0 amide bonds. The third kappa shape index (κ3) is 3.16. The third-order valence-electron chi connectivity index (χ3n) is 2.56. The van der Waals surface area contributed by atoms with Crippen molar-refractivity contribution in [3.8, 4) is 11.5 Å². The molecule has 0 unspecified atom stereocenters. The number of carboxylic acids is 1. The summed E-state index contributed by atoms with van der Waals surface area (Å²) in [5.41, 5.74) is 0.912. The van der Waals surface area contributed by atoms with Crippen molar-refractivity contribution in [2.45, 2.75) is 0 Å². The Labute approximate surface area is 120 Å². The molecule has 0 spiro atoms. The van der Waals surface area contributed by atoms with Crippen molar-refractivity contribution < 1.29 is 19.4 Å². The van der Waals surface area contributed by atoms with Crippen molar-refractivity contribution >= 4 is 29.5 Å². The van der Waals surface area contributed by atoms with E-state index in [4.69, 9.17) is 14.6 Å². The van der Waals surface area contributed by atoms with Crippen molar-refractivity contribution in [1.29, 1.82) is 0 Å². The van der Waals surface area contributed by atoms with Crippen molar-refractivity contribution in [2.75, 3.05) is 14.2 Å². The topological polar surface area (TPSA) is 68.7 Å². The van der Waals surface area contributed by atoms with Gasteiger partial charge in [0, 0.05) is 0 Å². The predicted molar refractivity (Wildman–Crippen MR) is 77.5 cm³/mol. The Morgan fingerprint density at radius 3 is 2.60 bits per heavy atom. The number of ether oxygens (including phenoxy) is 2. The van der Waals surface area contributed by atoms with Gasteiger partial charge < -0.3 is 14.6 Å². The fourth-order valence-electron chi connectivity index (χ4n) is 1.59. The molecular weight excluding hydrogens is 278 g/mol. The second-order valence-corrected chi connectivity index (χ2v) is 4.88. The smallest absolute Gasteiger partial charge is 0.347 e. The van der Waals surface area contributed by atoms with E-state index in [-0.39, 0.29) is 4.88 Å². The van der Waals surface area contributed by atoms with Crippen LogP contribution in [-0.2, 0) is 0 Å². The van der Waals surface area contributed by atoms with Crippen LogP contribution in [0.3, 0.4) is 0 Å². The SMILES string of the molecule is COc1ccc(/C=C/c2ncc(C(=O)O)s2)cc1OC. The first-order valence-electron chi connectivity index (χ1n) is 5.73. The molecular formula is C14H13NO4S. The van der Waals surface area contributed by atoms with E-state index in [2.05, 4.69) is 4.98 Å². The standard InChI is InChI=1S/C14H13NO4S/c1-18-10-5-3-9(7-11(10)19-2)4-6-13-15-8-12(20-13)14(16)17/h3-8H,1-2H3,(H,16,17)/b6-4+. The maximum Gasteiger partial charge on any atom is 0.347 e. The first kappa shape index (κ1) is 14.1. The lowest BCUT2D eigenvalue weighted by Crippen LogP contribution is -1.90. The average molecular weight is 291 g/mol. The van der Waals surface area contributed by atoms with Gasteiger partial charge in [0.1, 0.15) is 9.88 Å². The van der Waals surface area contributed by atoms with Crippen LogP contribution in [0.2, 0.25) is 0 Å². The first-order chi connectivity index (χ1) is 9.63. The van der Waals surface area contributed by atoms with Gasteiger partial charge >= 0.3 is 5.97 Å². The van der Waals surface area contributed by atoms with Crippen LogP contribution in [-0.4, -0.2) is 30.3 Å². The Hall–Kier alpha value is -2.34. The molecule has 0 bridgehead atoms. The van der Waals surface area contributed by atoms with Gasteiger partial charge in [-0.1, -0.05) is 12.1 Å². The number of aromatic carboxylic acids is 1. The van der Waals surface area contributed by atoms with Crippen LogP contribution in [0.25, 0.3) is 12.2 Å². The number of rotatable bonds is 5. The van der Waals surface area contributed by atoms with Crippen LogP contribution < -0.4 is 9.47 Å². The van der Waals surface area contributed by atoms with E-state index in [0.717, 1.165) is 16.9 Å². The van der Waals surface area contributed by atoms with Gasteiger partial charge in [0.2, 0.25) is 0 Å². The van der Waals surface area contributed by atoms with Gasteiger partial charge in [-0.2, -0.15) is 0 Å². The number of thiazole rings is 1. The maximum atomic E-state index is 10.8. The van der Waals surface area contributed by atoms with Gasteiger partial charge in [-0.15, -0.1) is 11.3 Å². The summed E-state index contributed by atoms with van der Waals surface area (Å²) in [4.78, 5) is 15.0. The highest BCUT2D eigenvalue weighted by Crippen LogP contribution is 2.28. The molecule has 5 nitrogen and oxygen atoms in total. The molecule has 6 heteroatoms. The highest BCUT2D eigenvalue weighted by atomic mass is 32.1. The summed E-state index contributed by atoms with van der Waals surface area (Å²) in [6.07, 6.45) is 4.95. The molecule has 2 aromatic rings. The molecule has 1 heterocycles. The zero-order valence-electron chi connectivity index (χ0n) is 11.0. The summed E-state index contributed by atoms with van der Waals surface area (Å²) in [5, 5.41) is 9.46. The summed E-state index contributed by atoms with van der Waals surface area (Å²) >= 11 is 1.12. The van der Waals surface area contributed by atoms with E-state index < -0.39 is 5.97 Å². The van der Waals surface area contributed by atoms with Crippen LogP contribution in [0.1, 0.15) is 20.2 Å². The summed E-state index contributed by atoms with van der Waals surface area (Å²) < 4.78 is 10.4. The summed E-state index contributed by atoms with van der Waals surface area (Å²) in [5.74, 6) is 0.334. The summed E-state index contributed by atoms with van der Waals surface area (Å²) in [6.45, 7) is 0. The van der Waals surface area contributed by atoms with E-state index in [9.17, 15) is 4.79 Å². The zero-order valence-corrected chi connectivity index (χ0v) is 11.8. The minimum atomic E-state index is -0.965. The van der Waals surface area contributed by atoms with Crippen LogP contribution in [0.5, 0.6) is 11.5 Å². The molecule has 0 fully saturated rings. The highest BCUT2D eigenvalue weighted by molar-refractivity contribution is 7.14. The van der Waals surface area contributed by atoms with E-state index in [1.54, 1.807) is 20.3 Å². The fourth-order valence-corrected chi connectivity index (χ4v) is 2.25. The lowest BCUT2D eigenvalue weighted by molar-refractivity contribution is 0.0702. The molecule has 20 heavy (non-hydrogen) atoms. The largest absolute Gasteiger partial charge is 0.493 e. The molecule has 0 aliphatic rings. The molecule has 1 aromatic heterocycles. The molecule has 0 radical (unpaired) electrons. The Morgan fingerprint density at radius 2 is 2.00 bits per heavy atom. The number of carbonyl (C=O) groups is 1. The van der Waals surface area contributed by atoms with E-state index in [1.807, 2.05) is 24.3 Å². The number of nitrogens with zero attached hydrogens (tertiary/aromatic N) is 1. The Bertz CT molecular complexity index is 648. The maximum absolute atomic E-state index is 10.8. The van der Waals surface area contributed by atoms with E-state index in [0.29, 0.717) is 16.5 Å². The highest BCUT2D eigenvalue weighted by Gasteiger charge is 2.06. The predicted octanol–water partition coefficient (Wildman–Crippen LogP) is 3.03. The lowest BCUT2D eigenvalue weighted by Gasteiger charge is -2.07. The summed E-state index contributed by atoms with van der Waals surface area (Å²) in [7, 11) is 3.15. The van der Waals surface area contributed by atoms with E-state index >= 15 is 0 Å². The second-order valence-electron chi connectivity index (χ2n) is 3.82. The molecule has 2 rings (SSSR count). The number of benzene rings is 1. The van der Waals surface area contributed by atoms with Crippen molar-refractivity contribution in [1.82, 2.24) is 4.98 Å². The second kappa shape index (κ2) is 6.21. The van der Waals surface area contributed by atoms with Crippen LogP contribution in [0, 0.1) is 0 Å². The van der Waals surface area contributed by atoms with Gasteiger partial charge in [-0.25, -0.2) is 9.78 Å². The molecule has 0 aliphatic heterocycles. The van der Waals surface area contributed by atoms with Crippen LogP contribution >= 0.6 is 11.3 Å².